The number of hydrogen-bond donors (Lipinski definition) is 2. The monoisotopic (exact) mass is 349 g/mol. The first-order valence-electron chi connectivity index (χ1n) is 9.28. The minimum atomic E-state index is -0.0538. The molecule has 1 unspecified atom stereocenters. The lowest BCUT2D eigenvalue weighted by molar-refractivity contribution is 0.931. The van der Waals surface area contributed by atoms with Gasteiger partial charge in [0.25, 0.3) is 0 Å². The normalized spacial score (nSPS) is 21.1. The zero-order valence-electron chi connectivity index (χ0n) is 16.5. The lowest BCUT2D eigenvalue weighted by Crippen LogP contribution is -2.18. The van der Waals surface area contributed by atoms with E-state index in [2.05, 4.69) is 57.7 Å². The highest BCUT2D eigenvalue weighted by Crippen LogP contribution is 2.39. The molecule has 0 heterocycles. The van der Waals surface area contributed by atoms with Crippen molar-refractivity contribution in [3.63, 3.8) is 0 Å². The van der Waals surface area contributed by atoms with Crippen molar-refractivity contribution in [2.24, 2.45) is 16.5 Å². The van der Waals surface area contributed by atoms with Gasteiger partial charge in [0.1, 0.15) is 0 Å². The third-order valence-corrected chi connectivity index (χ3v) is 4.87. The van der Waals surface area contributed by atoms with Crippen LogP contribution in [0, 0.1) is 0 Å². The summed E-state index contributed by atoms with van der Waals surface area (Å²) in [6.07, 6.45) is 6.68. The van der Waals surface area contributed by atoms with Gasteiger partial charge in [-0.05, 0) is 56.7 Å². The van der Waals surface area contributed by atoms with Gasteiger partial charge in [-0.15, -0.1) is 0 Å². The number of nitrogens with zero attached hydrogens (tertiary/aromatic N) is 1. The second-order valence-electron chi connectivity index (χ2n) is 6.89. The molecule has 3 heteroatoms. The van der Waals surface area contributed by atoms with E-state index in [0.717, 1.165) is 36.2 Å². The average molecular weight is 350 g/mol. The van der Waals surface area contributed by atoms with Gasteiger partial charge in [0.15, 0.2) is 0 Å². The fourth-order valence-electron chi connectivity index (χ4n) is 3.36. The molecule has 26 heavy (non-hydrogen) atoms. The Morgan fingerprint density at radius 1 is 1.27 bits per heavy atom. The smallest absolute Gasteiger partial charge is 0.0776 e. The van der Waals surface area contributed by atoms with Crippen LogP contribution in [0.5, 0.6) is 0 Å². The van der Waals surface area contributed by atoms with Gasteiger partial charge < -0.3 is 11.5 Å². The van der Waals surface area contributed by atoms with E-state index in [1.54, 1.807) is 0 Å². The highest BCUT2D eigenvalue weighted by atomic mass is 14.7. The maximum atomic E-state index is 6.40. The lowest BCUT2D eigenvalue weighted by atomic mass is 9.92. The first-order chi connectivity index (χ1) is 12.4. The van der Waals surface area contributed by atoms with Crippen LogP contribution in [-0.2, 0) is 6.42 Å². The second-order valence-corrected chi connectivity index (χ2v) is 6.89. The van der Waals surface area contributed by atoms with Crippen LogP contribution in [0.25, 0.3) is 5.70 Å². The summed E-state index contributed by atoms with van der Waals surface area (Å²) in [7, 11) is 0. The molecule has 0 aliphatic heterocycles. The topological polar surface area (TPSA) is 64.4 Å². The summed E-state index contributed by atoms with van der Waals surface area (Å²) in [5, 5.41) is 0. The fraction of sp³-hybridized carbons (Fsp3) is 0.348. The van der Waals surface area contributed by atoms with Crippen molar-refractivity contribution in [3.05, 3.63) is 76.0 Å². The Labute approximate surface area is 157 Å². The van der Waals surface area contributed by atoms with Gasteiger partial charge in [-0.2, -0.15) is 0 Å². The van der Waals surface area contributed by atoms with Crippen molar-refractivity contribution in [2.75, 3.05) is 0 Å². The van der Waals surface area contributed by atoms with E-state index in [0.29, 0.717) is 0 Å². The van der Waals surface area contributed by atoms with Gasteiger partial charge in [0, 0.05) is 29.1 Å². The van der Waals surface area contributed by atoms with Crippen LogP contribution in [0.15, 0.2) is 69.9 Å². The zero-order chi connectivity index (χ0) is 19.3. The first kappa shape index (κ1) is 19.9. The molecule has 1 atom stereocenters. The van der Waals surface area contributed by atoms with Crippen molar-refractivity contribution in [1.29, 1.82) is 0 Å². The second kappa shape index (κ2) is 8.81. The van der Waals surface area contributed by atoms with Crippen LogP contribution >= 0.6 is 0 Å². The number of aliphatic imine (C=N–C) groups is 1. The number of hydrogen-bond acceptors (Lipinski definition) is 3. The van der Waals surface area contributed by atoms with E-state index in [1.807, 2.05) is 13.1 Å². The molecule has 138 valence electrons. The Hall–Kier alpha value is -2.39. The van der Waals surface area contributed by atoms with Gasteiger partial charge in [0.05, 0.1) is 5.70 Å². The number of nitrogens with two attached hydrogens (primary N) is 2. The van der Waals surface area contributed by atoms with Gasteiger partial charge >= 0.3 is 0 Å². The average Bonchev–Trinajstić information content (AvgIpc) is 2.91. The molecule has 4 N–H and O–H groups in total. The number of aryl methyl sites for hydroxylation is 1. The first-order valence-corrected chi connectivity index (χ1v) is 9.28. The van der Waals surface area contributed by atoms with Crippen molar-refractivity contribution < 1.29 is 0 Å². The van der Waals surface area contributed by atoms with Crippen molar-refractivity contribution in [2.45, 2.75) is 53.0 Å². The third-order valence-electron chi connectivity index (χ3n) is 4.87. The third kappa shape index (κ3) is 4.41. The minimum absolute atomic E-state index is 0.0538. The van der Waals surface area contributed by atoms with E-state index in [4.69, 9.17) is 16.5 Å². The van der Waals surface area contributed by atoms with Crippen molar-refractivity contribution in [3.8, 4) is 0 Å². The van der Waals surface area contributed by atoms with Gasteiger partial charge in [0.2, 0.25) is 0 Å². The van der Waals surface area contributed by atoms with E-state index < -0.39 is 0 Å². The maximum absolute atomic E-state index is 6.40. The standard InChI is InChI=1S/C23H31N3/c1-6-15(3)21-20(25)14-16(4)22(21)23(26-7-2)19-12-10-18(11-13-19)9-8-17(5)24/h7,10-14,20H,5-6,8-9,24-25H2,1-4H3/b21-15-,23-22-,26-7-. The quantitative estimate of drug-likeness (QED) is 0.717. The summed E-state index contributed by atoms with van der Waals surface area (Å²) in [5.74, 6) is 0. The van der Waals surface area contributed by atoms with Gasteiger partial charge in [-0.25, -0.2) is 0 Å². The zero-order valence-corrected chi connectivity index (χ0v) is 16.5. The largest absolute Gasteiger partial charge is 0.403 e. The molecular weight excluding hydrogens is 318 g/mol. The highest BCUT2D eigenvalue weighted by Gasteiger charge is 2.26. The van der Waals surface area contributed by atoms with E-state index in [1.165, 1.54) is 27.9 Å². The maximum Gasteiger partial charge on any atom is 0.0776 e. The molecule has 0 fully saturated rings. The van der Waals surface area contributed by atoms with Crippen LogP contribution in [-0.4, -0.2) is 12.3 Å². The summed E-state index contributed by atoms with van der Waals surface area (Å²) in [6.45, 7) is 12.2. The molecule has 1 aromatic rings. The molecule has 0 spiro atoms. The van der Waals surface area contributed by atoms with Crippen LogP contribution < -0.4 is 11.5 Å². The Morgan fingerprint density at radius 2 is 1.92 bits per heavy atom. The lowest BCUT2D eigenvalue weighted by Gasteiger charge is -2.16. The molecule has 1 aliphatic carbocycles. The number of rotatable bonds is 6. The summed E-state index contributed by atoms with van der Waals surface area (Å²) < 4.78 is 0. The summed E-state index contributed by atoms with van der Waals surface area (Å²) in [4.78, 5) is 4.72. The highest BCUT2D eigenvalue weighted by molar-refractivity contribution is 5.83. The molecule has 2 rings (SSSR count). The molecular formula is C23H31N3. The van der Waals surface area contributed by atoms with Crippen LogP contribution in [0.1, 0.15) is 51.7 Å². The molecule has 0 saturated carbocycles. The fourth-order valence-corrected chi connectivity index (χ4v) is 3.36. The minimum Gasteiger partial charge on any atom is -0.403 e. The molecule has 1 aromatic carbocycles. The predicted octanol–water partition coefficient (Wildman–Crippen LogP) is 4.91. The van der Waals surface area contributed by atoms with E-state index >= 15 is 0 Å². The summed E-state index contributed by atoms with van der Waals surface area (Å²) >= 11 is 0. The molecule has 3 nitrogen and oxygen atoms in total. The molecule has 1 aliphatic rings. The molecule has 0 radical (unpaired) electrons. The van der Waals surface area contributed by atoms with Gasteiger partial charge in [-0.3, -0.25) is 4.99 Å². The van der Waals surface area contributed by atoms with Crippen LogP contribution in [0.2, 0.25) is 0 Å². The van der Waals surface area contributed by atoms with Crippen LogP contribution in [0.4, 0.5) is 0 Å². The Balaban J connectivity index is 2.52. The summed E-state index contributed by atoms with van der Waals surface area (Å²) in [6, 6.07) is 8.52. The number of allylic oxidation sites excluding steroid dienone is 3. The van der Waals surface area contributed by atoms with E-state index in [9.17, 15) is 0 Å². The number of benzene rings is 1. The van der Waals surface area contributed by atoms with Gasteiger partial charge in [-0.1, -0.05) is 49.4 Å². The SMILES string of the molecule is C=C(N)CCc1ccc(C(/N=C\C)=C2\C(C)=CC(N)\C2=C(/C)CC)cc1. The predicted molar refractivity (Wildman–Crippen MR) is 114 cm³/mol. The Kier molecular flexibility index (Phi) is 6.76. The molecule has 0 saturated heterocycles. The molecule has 0 bridgehead atoms. The van der Waals surface area contributed by atoms with Crippen molar-refractivity contribution >= 4 is 11.9 Å². The Morgan fingerprint density at radius 3 is 2.46 bits per heavy atom. The molecule has 0 amide bonds. The van der Waals surface area contributed by atoms with E-state index in [-0.39, 0.29) is 6.04 Å². The summed E-state index contributed by atoms with van der Waals surface area (Å²) in [5.41, 5.74) is 21.1. The molecule has 0 aromatic heterocycles. The van der Waals surface area contributed by atoms with Crippen molar-refractivity contribution in [1.82, 2.24) is 0 Å². The Bertz CT molecular complexity index is 789. The van der Waals surface area contributed by atoms with Crippen LogP contribution in [0.3, 0.4) is 0 Å².